The molecule has 0 aliphatic carbocycles. The molecule has 0 amide bonds. The van der Waals surface area contributed by atoms with Gasteiger partial charge in [-0.2, -0.15) is 0 Å². The summed E-state index contributed by atoms with van der Waals surface area (Å²) in [6.07, 6.45) is -2.50. The van der Waals surface area contributed by atoms with Crippen molar-refractivity contribution in [2.45, 2.75) is 12.5 Å². The lowest BCUT2D eigenvalue weighted by Crippen LogP contribution is -2.46. The van der Waals surface area contributed by atoms with Crippen molar-refractivity contribution in [1.82, 2.24) is 10.2 Å². The first-order valence-corrected chi connectivity index (χ1v) is 7.15. The van der Waals surface area contributed by atoms with Gasteiger partial charge < -0.3 is 19.5 Å². The summed E-state index contributed by atoms with van der Waals surface area (Å²) >= 11 is 0. The summed E-state index contributed by atoms with van der Waals surface area (Å²) in [6, 6.07) is 2.20. The molecular weight excluding hydrogens is 294 g/mol. The number of ether oxygens (including phenoxy) is 3. The van der Waals surface area contributed by atoms with Crippen LogP contribution in [0.3, 0.4) is 0 Å². The number of benzene rings is 1. The molecule has 22 heavy (non-hydrogen) atoms. The van der Waals surface area contributed by atoms with Crippen molar-refractivity contribution in [1.29, 1.82) is 0 Å². The summed E-state index contributed by atoms with van der Waals surface area (Å²) in [5, 5.41) is 3.17. The third kappa shape index (κ3) is 3.41. The Morgan fingerprint density at radius 2 is 1.55 bits per heavy atom. The fourth-order valence-corrected chi connectivity index (χ4v) is 2.75. The van der Waals surface area contributed by atoms with Gasteiger partial charge in [0, 0.05) is 26.2 Å². The van der Waals surface area contributed by atoms with Gasteiger partial charge in [-0.15, -0.1) is 0 Å². The van der Waals surface area contributed by atoms with E-state index in [4.69, 9.17) is 14.2 Å². The van der Waals surface area contributed by atoms with Crippen LogP contribution < -0.4 is 19.5 Å². The van der Waals surface area contributed by atoms with E-state index in [1.807, 2.05) is 0 Å². The normalized spacial score (nSPS) is 17.4. The minimum absolute atomic E-state index is 0.387. The molecule has 124 valence electrons. The summed E-state index contributed by atoms with van der Waals surface area (Å²) in [6.45, 7) is 2.55. The zero-order chi connectivity index (χ0) is 16.1. The van der Waals surface area contributed by atoms with Gasteiger partial charge in [0.1, 0.15) is 0 Å². The second-order valence-electron chi connectivity index (χ2n) is 5.02. The van der Waals surface area contributed by atoms with Crippen molar-refractivity contribution in [3.05, 3.63) is 17.7 Å². The number of halogens is 2. The fourth-order valence-electron chi connectivity index (χ4n) is 2.75. The van der Waals surface area contributed by atoms with Gasteiger partial charge in [0.25, 0.3) is 6.43 Å². The van der Waals surface area contributed by atoms with E-state index in [2.05, 4.69) is 5.32 Å². The summed E-state index contributed by atoms with van der Waals surface area (Å²) in [5.41, 5.74) is 0.464. The number of nitrogens with zero attached hydrogens (tertiary/aromatic N) is 1. The lowest BCUT2D eigenvalue weighted by molar-refractivity contribution is 0.0180. The molecule has 0 radical (unpaired) electrons. The molecule has 1 fully saturated rings. The topological polar surface area (TPSA) is 43.0 Å². The average Bonchev–Trinajstić information content (AvgIpc) is 2.54. The van der Waals surface area contributed by atoms with E-state index in [1.54, 1.807) is 17.0 Å². The summed E-state index contributed by atoms with van der Waals surface area (Å²) in [4.78, 5) is 1.78. The first kappa shape index (κ1) is 16.8. The monoisotopic (exact) mass is 316 g/mol. The molecule has 5 nitrogen and oxygen atoms in total. The van der Waals surface area contributed by atoms with E-state index in [0.717, 1.165) is 0 Å². The molecular formula is C15H22F2N2O3. The summed E-state index contributed by atoms with van der Waals surface area (Å²) < 4.78 is 43.0. The Kier molecular flexibility index (Phi) is 5.79. The maximum Gasteiger partial charge on any atom is 0.258 e. The van der Waals surface area contributed by atoms with Crippen LogP contribution in [0.1, 0.15) is 11.6 Å². The van der Waals surface area contributed by atoms with E-state index >= 15 is 0 Å². The largest absolute Gasteiger partial charge is 0.493 e. The van der Waals surface area contributed by atoms with Crippen molar-refractivity contribution in [3.8, 4) is 17.2 Å². The zero-order valence-corrected chi connectivity index (χ0v) is 13.1. The highest BCUT2D eigenvalue weighted by Crippen LogP contribution is 2.41. The summed E-state index contributed by atoms with van der Waals surface area (Å²) in [7, 11) is 4.44. The van der Waals surface area contributed by atoms with E-state index in [1.165, 1.54) is 21.3 Å². The van der Waals surface area contributed by atoms with Crippen molar-refractivity contribution in [2.75, 3.05) is 47.5 Å². The van der Waals surface area contributed by atoms with Crippen molar-refractivity contribution in [2.24, 2.45) is 0 Å². The quantitative estimate of drug-likeness (QED) is 0.869. The Balaban J connectivity index is 2.42. The number of hydrogen-bond acceptors (Lipinski definition) is 5. The molecule has 0 spiro atoms. The van der Waals surface area contributed by atoms with Gasteiger partial charge in [-0.1, -0.05) is 0 Å². The van der Waals surface area contributed by atoms with Crippen LogP contribution in [-0.2, 0) is 0 Å². The zero-order valence-electron chi connectivity index (χ0n) is 13.1. The molecule has 1 aliphatic heterocycles. The minimum atomic E-state index is -2.50. The van der Waals surface area contributed by atoms with Gasteiger partial charge >= 0.3 is 0 Å². The second-order valence-corrected chi connectivity index (χ2v) is 5.02. The third-order valence-electron chi connectivity index (χ3n) is 3.81. The Bertz CT molecular complexity index is 469. The maximum absolute atomic E-state index is 13.6. The smallest absolute Gasteiger partial charge is 0.258 e. The van der Waals surface area contributed by atoms with Crippen molar-refractivity contribution >= 4 is 0 Å². The Morgan fingerprint density at radius 1 is 1.00 bits per heavy atom. The van der Waals surface area contributed by atoms with Gasteiger partial charge in [-0.25, -0.2) is 8.78 Å². The van der Waals surface area contributed by atoms with Gasteiger partial charge in [0.2, 0.25) is 5.75 Å². The minimum Gasteiger partial charge on any atom is -0.493 e. The van der Waals surface area contributed by atoms with Gasteiger partial charge in [-0.3, -0.25) is 4.90 Å². The number of piperazine rings is 1. The molecule has 1 aromatic rings. The lowest BCUT2D eigenvalue weighted by Gasteiger charge is -2.35. The molecule has 1 heterocycles. The van der Waals surface area contributed by atoms with Crippen molar-refractivity contribution < 1.29 is 23.0 Å². The Hall–Kier alpha value is -1.60. The van der Waals surface area contributed by atoms with Crippen LogP contribution in [0, 0.1) is 0 Å². The second kappa shape index (κ2) is 7.60. The van der Waals surface area contributed by atoms with Gasteiger partial charge in [0.15, 0.2) is 11.5 Å². The average molecular weight is 316 g/mol. The Labute approximate surface area is 129 Å². The van der Waals surface area contributed by atoms with E-state index in [-0.39, 0.29) is 0 Å². The SMILES string of the molecule is COc1cc([C@H](C(F)F)N2CCNCC2)cc(OC)c1OC. The van der Waals surface area contributed by atoms with Crippen LogP contribution in [0.15, 0.2) is 12.1 Å². The summed E-state index contributed by atoms with van der Waals surface area (Å²) in [5.74, 6) is 1.18. The predicted octanol–water partition coefficient (Wildman–Crippen LogP) is 1.92. The van der Waals surface area contributed by atoms with Crippen LogP contribution in [0.2, 0.25) is 0 Å². The molecule has 0 aromatic heterocycles. The van der Waals surface area contributed by atoms with E-state index in [0.29, 0.717) is 49.0 Å². The highest BCUT2D eigenvalue weighted by atomic mass is 19.3. The van der Waals surface area contributed by atoms with Crippen LogP contribution in [0.4, 0.5) is 8.78 Å². The number of rotatable bonds is 6. The molecule has 1 saturated heterocycles. The molecule has 1 N–H and O–H groups in total. The molecule has 0 unspecified atom stereocenters. The van der Waals surface area contributed by atoms with Crippen LogP contribution >= 0.6 is 0 Å². The molecule has 0 bridgehead atoms. The highest BCUT2D eigenvalue weighted by Gasteiger charge is 2.31. The standard InChI is InChI=1S/C15H22F2N2O3/c1-20-11-8-10(9-12(21-2)14(11)22-3)13(15(16)17)19-6-4-18-5-7-19/h8-9,13,15,18H,4-7H2,1-3H3/t13-/m1/s1. The molecule has 1 aliphatic rings. The van der Waals surface area contributed by atoms with Gasteiger partial charge in [0.05, 0.1) is 27.4 Å². The number of nitrogens with one attached hydrogen (secondary N) is 1. The van der Waals surface area contributed by atoms with Crippen LogP contribution in [0.25, 0.3) is 0 Å². The van der Waals surface area contributed by atoms with Crippen molar-refractivity contribution in [3.63, 3.8) is 0 Å². The molecule has 0 saturated carbocycles. The number of hydrogen-bond donors (Lipinski definition) is 1. The molecule has 1 atom stereocenters. The maximum atomic E-state index is 13.6. The lowest BCUT2D eigenvalue weighted by atomic mass is 10.0. The third-order valence-corrected chi connectivity index (χ3v) is 3.81. The molecule has 2 rings (SSSR count). The number of methoxy groups -OCH3 is 3. The van der Waals surface area contributed by atoms with Gasteiger partial charge in [-0.05, 0) is 17.7 Å². The number of alkyl halides is 2. The first-order chi connectivity index (χ1) is 10.6. The van der Waals surface area contributed by atoms with Crippen LogP contribution in [-0.4, -0.2) is 58.8 Å². The predicted molar refractivity (Wildman–Crippen MR) is 79.3 cm³/mol. The van der Waals surface area contributed by atoms with E-state index < -0.39 is 12.5 Å². The molecule has 7 heteroatoms. The first-order valence-electron chi connectivity index (χ1n) is 7.15. The highest BCUT2D eigenvalue weighted by molar-refractivity contribution is 5.54. The Morgan fingerprint density at radius 3 is 1.95 bits per heavy atom. The van der Waals surface area contributed by atoms with Crippen LogP contribution in [0.5, 0.6) is 17.2 Å². The fraction of sp³-hybridized carbons (Fsp3) is 0.600. The molecule has 1 aromatic carbocycles. The van der Waals surface area contributed by atoms with E-state index in [9.17, 15) is 8.78 Å².